The second-order valence-electron chi connectivity index (χ2n) is 16.1. The van der Waals surface area contributed by atoms with E-state index >= 15 is 0 Å². The maximum atomic E-state index is 12.6. The van der Waals surface area contributed by atoms with Gasteiger partial charge in [0.25, 0.3) is 0 Å². The van der Waals surface area contributed by atoms with Crippen LogP contribution in [0.3, 0.4) is 0 Å². The van der Waals surface area contributed by atoms with E-state index in [1.165, 1.54) is 89.9 Å². The third-order valence-corrected chi connectivity index (χ3v) is 11.0. The SMILES string of the molecule is CC/C=C/C/C=C/C/C=C/C/C=C/C/C=C/CCCC(=O)OC[C@H](COP(=O)(O)OC[C@@H](O)CO)OC(=O)CCC/C=C/CC/C=C/CCCCCCCCCCCCCCCC. The molecule has 0 aromatic carbocycles. The molecule has 0 spiro atoms. The van der Waals surface area contributed by atoms with Crippen LogP contribution in [0, 0.1) is 0 Å². The number of ether oxygens (including phenoxy) is 2. The maximum Gasteiger partial charge on any atom is 0.472 e. The lowest BCUT2D eigenvalue weighted by molar-refractivity contribution is -0.161. The molecule has 10 nitrogen and oxygen atoms in total. The lowest BCUT2D eigenvalue weighted by Crippen LogP contribution is -2.29. The first-order chi connectivity index (χ1) is 30.7. The van der Waals surface area contributed by atoms with Gasteiger partial charge in [0.05, 0.1) is 19.8 Å². The van der Waals surface area contributed by atoms with E-state index in [2.05, 4.69) is 97.4 Å². The van der Waals surface area contributed by atoms with Crippen LogP contribution in [0.2, 0.25) is 0 Å². The Morgan fingerprint density at radius 2 is 0.889 bits per heavy atom. The molecule has 0 aromatic heterocycles. The van der Waals surface area contributed by atoms with E-state index in [1.807, 2.05) is 6.08 Å². The number of unbranched alkanes of at least 4 members (excludes halogenated alkanes) is 17. The zero-order valence-corrected chi connectivity index (χ0v) is 40.4. The van der Waals surface area contributed by atoms with E-state index in [0.717, 1.165) is 51.4 Å². The third kappa shape index (κ3) is 46.9. The predicted molar refractivity (Wildman–Crippen MR) is 260 cm³/mol. The molecule has 0 aliphatic carbocycles. The molecule has 0 fully saturated rings. The van der Waals surface area contributed by atoms with E-state index < -0.39 is 51.8 Å². The average molecular weight is 905 g/mol. The van der Waals surface area contributed by atoms with Crippen molar-refractivity contribution in [3.8, 4) is 0 Å². The highest BCUT2D eigenvalue weighted by atomic mass is 31.2. The van der Waals surface area contributed by atoms with Gasteiger partial charge in [-0.15, -0.1) is 0 Å². The zero-order valence-electron chi connectivity index (χ0n) is 39.5. The Morgan fingerprint density at radius 3 is 1.38 bits per heavy atom. The summed E-state index contributed by atoms with van der Waals surface area (Å²) in [6.45, 7) is 2.17. The smallest absolute Gasteiger partial charge is 0.462 e. The second kappa shape index (κ2) is 47.1. The number of hydrogen-bond acceptors (Lipinski definition) is 9. The van der Waals surface area contributed by atoms with E-state index in [9.17, 15) is 24.2 Å². The lowest BCUT2D eigenvalue weighted by atomic mass is 10.0. The molecule has 0 aliphatic rings. The molecule has 0 aliphatic heterocycles. The minimum absolute atomic E-state index is 0.108. The van der Waals surface area contributed by atoms with Gasteiger partial charge >= 0.3 is 19.8 Å². The summed E-state index contributed by atoms with van der Waals surface area (Å²) in [4.78, 5) is 35.1. The van der Waals surface area contributed by atoms with Crippen LogP contribution in [-0.4, -0.2) is 65.7 Å². The summed E-state index contributed by atoms with van der Waals surface area (Å²) in [5.41, 5.74) is 0. The summed E-state index contributed by atoms with van der Waals surface area (Å²) >= 11 is 0. The van der Waals surface area contributed by atoms with Gasteiger partial charge in [0.15, 0.2) is 6.10 Å². The van der Waals surface area contributed by atoms with Crippen molar-refractivity contribution in [3.05, 3.63) is 85.1 Å². The molecule has 3 N–H and O–H groups in total. The Hall–Kier alpha value is -2.85. The Labute approximate surface area is 383 Å². The van der Waals surface area contributed by atoms with Crippen molar-refractivity contribution in [2.45, 2.75) is 206 Å². The summed E-state index contributed by atoms with van der Waals surface area (Å²) in [6.07, 6.45) is 57.2. The summed E-state index contributed by atoms with van der Waals surface area (Å²) in [7, 11) is -4.65. The van der Waals surface area contributed by atoms with Gasteiger partial charge in [0.1, 0.15) is 12.7 Å². The Morgan fingerprint density at radius 1 is 0.492 bits per heavy atom. The molecule has 11 heteroatoms. The molecule has 1 unspecified atom stereocenters. The molecular weight excluding hydrogens is 816 g/mol. The minimum atomic E-state index is -4.65. The number of esters is 2. The third-order valence-electron chi connectivity index (χ3n) is 10.0. The van der Waals surface area contributed by atoms with Gasteiger partial charge in [-0.3, -0.25) is 18.6 Å². The molecule has 3 atom stereocenters. The molecular formula is C52H89O10P. The van der Waals surface area contributed by atoms with Gasteiger partial charge in [-0.05, 0) is 83.5 Å². The Balaban J connectivity index is 4.34. The molecule has 0 aromatic rings. The second-order valence-corrected chi connectivity index (χ2v) is 17.5. The van der Waals surface area contributed by atoms with Gasteiger partial charge in [-0.2, -0.15) is 0 Å². The first-order valence-electron chi connectivity index (χ1n) is 24.5. The van der Waals surface area contributed by atoms with Crippen LogP contribution in [0.15, 0.2) is 85.1 Å². The van der Waals surface area contributed by atoms with Crippen LogP contribution in [0.5, 0.6) is 0 Å². The fraction of sp³-hybridized carbons (Fsp3) is 0.692. The number of phosphoric ester groups is 1. The molecule has 0 radical (unpaired) electrons. The number of carbonyl (C=O) groups excluding carboxylic acids is 2. The number of rotatable bonds is 45. The van der Waals surface area contributed by atoms with Gasteiger partial charge < -0.3 is 24.6 Å². The van der Waals surface area contributed by atoms with Gasteiger partial charge in [0.2, 0.25) is 0 Å². The molecule has 362 valence electrons. The first kappa shape index (κ1) is 60.2. The van der Waals surface area contributed by atoms with E-state index in [1.54, 1.807) is 0 Å². The number of aliphatic hydroxyl groups is 2. The van der Waals surface area contributed by atoms with Gasteiger partial charge in [-0.1, -0.05) is 182 Å². The molecule has 0 amide bonds. The fourth-order valence-corrected chi connectivity index (χ4v) is 7.07. The van der Waals surface area contributed by atoms with Crippen LogP contribution in [0.25, 0.3) is 0 Å². The van der Waals surface area contributed by atoms with E-state index in [0.29, 0.717) is 25.7 Å². The van der Waals surface area contributed by atoms with Crippen LogP contribution in [0.4, 0.5) is 0 Å². The number of hydrogen-bond donors (Lipinski definition) is 3. The maximum absolute atomic E-state index is 12.6. The average Bonchev–Trinajstić information content (AvgIpc) is 3.27. The predicted octanol–water partition coefficient (Wildman–Crippen LogP) is 13.8. The topological polar surface area (TPSA) is 149 Å². The molecule has 63 heavy (non-hydrogen) atoms. The lowest BCUT2D eigenvalue weighted by Gasteiger charge is -2.20. The standard InChI is InChI=1S/C52H89O10P/c1-3-5-7-9-11-13-15-17-19-21-22-23-24-25-26-28-30-32-34-36-38-40-42-44-52(56)62-50(48-61-63(57,58)60-46-49(54)45-53)47-59-51(55)43-41-39-37-35-33-31-29-27-20-18-16-14-12-10-8-6-4-2/h6,8,12,14,18,20,28-31,35-38,49-50,53-54H,3-5,7,9-11,13,15-17,19,21-27,32-34,39-48H2,1-2H3,(H,57,58)/b8-6+,14-12+,20-18+,30-28+,31-29+,37-35+,38-36+/t49-,50+/m0/s1. The first-order valence-corrected chi connectivity index (χ1v) is 26.0. The van der Waals surface area contributed by atoms with Gasteiger partial charge in [0, 0.05) is 12.8 Å². The van der Waals surface area contributed by atoms with Gasteiger partial charge in [-0.25, -0.2) is 4.57 Å². The molecule has 0 rings (SSSR count). The minimum Gasteiger partial charge on any atom is -0.462 e. The Kier molecular flexibility index (Phi) is 45.0. The van der Waals surface area contributed by atoms with Crippen molar-refractivity contribution < 1.29 is 47.8 Å². The number of aliphatic hydroxyl groups excluding tert-OH is 2. The largest absolute Gasteiger partial charge is 0.472 e. The van der Waals surface area contributed by atoms with E-state index in [-0.39, 0.29) is 19.4 Å². The summed E-state index contributed by atoms with van der Waals surface area (Å²) in [5.74, 6) is -1.05. The van der Waals surface area contributed by atoms with Crippen LogP contribution >= 0.6 is 7.82 Å². The van der Waals surface area contributed by atoms with Crippen molar-refractivity contribution in [2.75, 3.05) is 26.4 Å². The molecule has 0 heterocycles. The molecule has 0 saturated heterocycles. The monoisotopic (exact) mass is 905 g/mol. The van der Waals surface area contributed by atoms with Crippen molar-refractivity contribution in [1.82, 2.24) is 0 Å². The fourth-order valence-electron chi connectivity index (χ4n) is 6.28. The van der Waals surface area contributed by atoms with Crippen molar-refractivity contribution in [1.29, 1.82) is 0 Å². The highest BCUT2D eigenvalue weighted by molar-refractivity contribution is 7.47. The van der Waals surface area contributed by atoms with Crippen molar-refractivity contribution in [3.63, 3.8) is 0 Å². The van der Waals surface area contributed by atoms with Crippen molar-refractivity contribution >= 4 is 19.8 Å². The summed E-state index contributed by atoms with van der Waals surface area (Å²) in [6, 6.07) is 0. The number of carbonyl (C=O) groups is 2. The van der Waals surface area contributed by atoms with E-state index in [4.69, 9.17) is 19.1 Å². The summed E-state index contributed by atoms with van der Waals surface area (Å²) < 4.78 is 32.7. The quantitative estimate of drug-likeness (QED) is 0.0233. The highest BCUT2D eigenvalue weighted by Crippen LogP contribution is 2.43. The molecule has 0 bridgehead atoms. The highest BCUT2D eigenvalue weighted by Gasteiger charge is 2.27. The number of allylic oxidation sites excluding steroid dienone is 14. The Bertz CT molecular complexity index is 1320. The van der Waals surface area contributed by atoms with Crippen LogP contribution in [0.1, 0.15) is 194 Å². The van der Waals surface area contributed by atoms with Crippen LogP contribution in [-0.2, 0) is 32.7 Å². The number of phosphoric acid groups is 1. The van der Waals surface area contributed by atoms with Crippen LogP contribution < -0.4 is 0 Å². The molecule has 0 saturated carbocycles. The zero-order chi connectivity index (χ0) is 46.2. The van der Waals surface area contributed by atoms with Crippen molar-refractivity contribution in [2.24, 2.45) is 0 Å². The summed E-state index contributed by atoms with van der Waals surface area (Å²) in [5, 5.41) is 18.4. The normalized spacial score (nSPS) is 14.4.